The smallest absolute Gasteiger partial charge is 0.229 e. The summed E-state index contributed by atoms with van der Waals surface area (Å²) in [5, 5.41) is 6.12. The molecule has 0 spiro atoms. The van der Waals surface area contributed by atoms with Crippen LogP contribution in [0.3, 0.4) is 0 Å². The van der Waals surface area contributed by atoms with Crippen LogP contribution in [0.25, 0.3) is 0 Å². The average Bonchev–Trinajstić information content (AvgIpc) is 2.73. The number of methoxy groups -OCH3 is 1. The second-order valence-corrected chi connectivity index (χ2v) is 8.34. The highest BCUT2D eigenvalue weighted by Gasteiger charge is 2.06. The van der Waals surface area contributed by atoms with E-state index in [9.17, 15) is 4.21 Å². The van der Waals surface area contributed by atoms with E-state index in [-0.39, 0.29) is 0 Å². The standard InChI is InChI=1S/C21H21N5O2S/c1-23-20-16(7-4-15-5-10-18(28-2)11-6-15)14-24-21(26-20)25-17-8-12-19(13-9-17)29(3,22)27/h5-6,8-14,22H,1-3H3,(H2,23,24,25,26). The molecule has 1 unspecified atom stereocenters. The zero-order chi connectivity index (χ0) is 20.9. The molecule has 8 heteroatoms. The number of nitrogens with zero attached hydrogens (tertiary/aromatic N) is 2. The summed E-state index contributed by atoms with van der Waals surface area (Å²) in [6, 6.07) is 14.3. The second-order valence-electron chi connectivity index (χ2n) is 6.18. The minimum atomic E-state index is -2.73. The van der Waals surface area contributed by atoms with Gasteiger partial charge >= 0.3 is 0 Å². The number of ether oxygens (including phenoxy) is 1. The van der Waals surface area contributed by atoms with Gasteiger partial charge in [-0.1, -0.05) is 11.8 Å². The Morgan fingerprint density at radius 3 is 2.34 bits per heavy atom. The fourth-order valence-corrected chi connectivity index (χ4v) is 3.12. The number of hydrogen-bond acceptors (Lipinski definition) is 7. The van der Waals surface area contributed by atoms with E-state index in [0.717, 1.165) is 17.0 Å². The van der Waals surface area contributed by atoms with Gasteiger partial charge in [-0.15, -0.1) is 0 Å². The molecule has 0 fully saturated rings. The molecule has 0 aliphatic carbocycles. The lowest BCUT2D eigenvalue weighted by Crippen LogP contribution is -2.03. The van der Waals surface area contributed by atoms with Crippen LogP contribution in [0.1, 0.15) is 11.1 Å². The van der Waals surface area contributed by atoms with Gasteiger partial charge in [0.15, 0.2) is 0 Å². The van der Waals surface area contributed by atoms with E-state index in [2.05, 4.69) is 32.4 Å². The largest absolute Gasteiger partial charge is 0.497 e. The van der Waals surface area contributed by atoms with Crippen molar-refractivity contribution in [2.45, 2.75) is 4.90 Å². The number of aromatic nitrogens is 2. The molecule has 3 aromatic rings. The number of benzene rings is 2. The van der Waals surface area contributed by atoms with E-state index in [4.69, 9.17) is 9.52 Å². The Balaban J connectivity index is 1.79. The molecule has 3 N–H and O–H groups in total. The van der Waals surface area contributed by atoms with Crippen LogP contribution in [-0.4, -0.2) is 34.6 Å². The lowest BCUT2D eigenvalue weighted by molar-refractivity contribution is 0.415. The van der Waals surface area contributed by atoms with Gasteiger partial charge in [0.25, 0.3) is 0 Å². The van der Waals surface area contributed by atoms with Crippen molar-refractivity contribution in [1.29, 1.82) is 4.78 Å². The van der Waals surface area contributed by atoms with Gasteiger partial charge in [-0.2, -0.15) is 4.98 Å². The minimum absolute atomic E-state index is 0.403. The predicted octanol–water partition coefficient (Wildman–Crippen LogP) is 3.71. The molecule has 3 rings (SSSR count). The van der Waals surface area contributed by atoms with E-state index in [0.29, 0.717) is 22.2 Å². The van der Waals surface area contributed by atoms with Gasteiger partial charge < -0.3 is 15.4 Å². The zero-order valence-electron chi connectivity index (χ0n) is 16.3. The molecule has 148 valence electrons. The first-order valence-corrected chi connectivity index (χ1v) is 10.7. The minimum Gasteiger partial charge on any atom is -0.497 e. The fraction of sp³-hybridized carbons (Fsp3) is 0.143. The molecule has 29 heavy (non-hydrogen) atoms. The molecule has 0 radical (unpaired) electrons. The van der Waals surface area contributed by atoms with Crippen molar-refractivity contribution in [3.05, 3.63) is 65.9 Å². The number of nitrogens with one attached hydrogen (secondary N) is 3. The molecule has 0 bridgehead atoms. The summed E-state index contributed by atoms with van der Waals surface area (Å²) >= 11 is 0. The molecular weight excluding hydrogens is 386 g/mol. The van der Waals surface area contributed by atoms with Gasteiger partial charge in [0, 0.05) is 29.4 Å². The lowest BCUT2D eigenvalue weighted by atomic mass is 10.2. The summed E-state index contributed by atoms with van der Waals surface area (Å²) in [5.74, 6) is 7.94. The summed E-state index contributed by atoms with van der Waals surface area (Å²) in [6.07, 6.45) is 3.04. The molecule has 2 aromatic carbocycles. The Kier molecular flexibility index (Phi) is 6.00. The molecular formula is C21H21N5O2S. The van der Waals surface area contributed by atoms with Gasteiger partial charge in [0.1, 0.15) is 11.6 Å². The highest BCUT2D eigenvalue weighted by atomic mass is 32.2. The fourth-order valence-electron chi connectivity index (χ4n) is 2.47. The van der Waals surface area contributed by atoms with Crippen LogP contribution in [0.2, 0.25) is 0 Å². The third kappa shape index (κ3) is 5.24. The molecule has 7 nitrogen and oxygen atoms in total. The summed E-state index contributed by atoms with van der Waals surface area (Å²) in [5.41, 5.74) is 2.26. The SMILES string of the molecule is CNc1nc(Nc2ccc(S(C)(=N)=O)cc2)ncc1C#Cc1ccc(OC)cc1. The molecule has 1 aromatic heterocycles. The Bertz CT molecular complexity index is 1160. The maximum atomic E-state index is 11.8. The van der Waals surface area contributed by atoms with Crippen LogP contribution in [-0.2, 0) is 9.73 Å². The first kappa shape index (κ1) is 20.2. The van der Waals surface area contributed by atoms with Crippen molar-refractivity contribution in [1.82, 2.24) is 9.97 Å². The molecule has 0 saturated carbocycles. The summed E-state index contributed by atoms with van der Waals surface area (Å²) in [4.78, 5) is 9.24. The zero-order valence-corrected chi connectivity index (χ0v) is 17.1. The van der Waals surface area contributed by atoms with Gasteiger partial charge in [0.05, 0.1) is 28.6 Å². The normalized spacial score (nSPS) is 12.2. The first-order valence-electron chi connectivity index (χ1n) is 8.71. The van der Waals surface area contributed by atoms with Crippen molar-refractivity contribution in [2.75, 3.05) is 31.0 Å². The molecule has 0 aliphatic heterocycles. The number of anilines is 3. The topological polar surface area (TPSA) is 100.0 Å². The summed E-state index contributed by atoms with van der Waals surface area (Å²) < 4.78 is 24.5. The van der Waals surface area contributed by atoms with Crippen LogP contribution in [0.5, 0.6) is 5.75 Å². The lowest BCUT2D eigenvalue weighted by Gasteiger charge is -2.09. The van der Waals surface area contributed by atoms with Gasteiger partial charge in [0.2, 0.25) is 5.95 Å². The van der Waals surface area contributed by atoms with Crippen molar-refractivity contribution >= 4 is 27.2 Å². The van der Waals surface area contributed by atoms with E-state index < -0.39 is 9.73 Å². The third-order valence-electron chi connectivity index (χ3n) is 4.02. The molecule has 1 atom stereocenters. The highest BCUT2D eigenvalue weighted by molar-refractivity contribution is 7.91. The second kappa shape index (κ2) is 8.63. The quantitative estimate of drug-likeness (QED) is 0.558. The maximum Gasteiger partial charge on any atom is 0.229 e. The Hall–Kier alpha value is -3.57. The molecule has 0 saturated heterocycles. The first-order chi connectivity index (χ1) is 13.9. The highest BCUT2D eigenvalue weighted by Crippen LogP contribution is 2.19. The van der Waals surface area contributed by atoms with Crippen molar-refractivity contribution in [3.63, 3.8) is 0 Å². The Labute approximate surface area is 170 Å². The van der Waals surface area contributed by atoms with Crippen LogP contribution in [0, 0.1) is 16.6 Å². The van der Waals surface area contributed by atoms with Crippen LogP contribution >= 0.6 is 0 Å². The van der Waals surface area contributed by atoms with Crippen LogP contribution in [0.15, 0.2) is 59.6 Å². The maximum absolute atomic E-state index is 11.8. The van der Waals surface area contributed by atoms with Crippen molar-refractivity contribution in [2.24, 2.45) is 0 Å². The molecule has 0 amide bonds. The van der Waals surface area contributed by atoms with E-state index in [1.807, 2.05) is 24.3 Å². The van der Waals surface area contributed by atoms with E-state index in [1.54, 1.807) is 44.6 Å². The van der Waals surface area contributed by atoms with Crippen molar-refractivity contribution < 1.29 is 8.95 Å². The van der Waals surface area contributed by atoms with E-state index in [1.165, 1.54) is 6.26 Å². The average molecular weight is 407 g/mol. The van der Waals surface area contributed by atoms with Gasteiger partial charge in [-0.3, -0.25) is 0 Å². The monoisotopic (exact) mass is 407 g/mol. The van der Waals surface area contributed by atoms with Gasteiger partial charge in [-0.05, 0) is 48.5 Å². The van der Waals surface area contributed by atoms with Crippen molar-refractivity contribution in [3.8, 4) is 17.6 Å². The van der Waals surface area contributed by atoms with Crippen LogP contribution in [0.4, 0.5) is 17.5 Å². The third-order valence-corrected chi connectivity index (χ3v) is 5.19. The summed E-state index contributed by atoms with van der Waals surface area (Å²) in [6.45, 7) is 0. The molecule has 0 aliphatic rings. The predicted molar refractivity (Wildman–Crippen MR) is 115 cm³/mol. The Morgan fingerprint density at radius 2 is 1.76 bits per heavy atom. The van der Waals surface area contributed by atoms with E-state index >= 15 is 0 Å². The van der Waals surface area contributed by atoms with Crippen LogP contribution < -0.4 is 15.4 Å². The summed E-state index contributed by atoms with van der Waals surface area (Å²) in [7, 11) is 0.660. The Morgan fingerprint density at radius 1 is 1.07 bits per heavy atom. The number of rotatable bonds is 5. The van der Waals surface area contributed by atoms with Gasteiger partial charge in [-0.25, -0.2) is 14.0 Å². The molecule has 1 heterocycles. The number of hydrogen-bond donors (Lipinski definition) is 3.